The zero-order valence-corrected chi connectivity index (χ0v) is 22.8. The fourth-order valence-corrected chi connectivity index (χ4v) is 8.04. The van der Waals surface area contributed by atoms with Crippen LogP contribution in [0.3, 0.4) is 0 Å². The lowest BCUT2D eigenvalue weighted by atomic mass is 9.48. The van der Waals surface area contributed by atoms with Gasteiger partial charge in [-0.3, -0.25) is 0 Å². The van der Waals surface area contributed by atoms with Crippen LogP contribution in [0.4, 0.5) is 0 Å². The van der Waals surface area contributed by atoms with Gasteiger partial charge in [-0.15, -0.1) is 0 Å². The van der Waals surface area contributed by atoms with Crippen molar-refractivity contribution in [1.82, 2.24) is 0 Å². The average Bonchev–Trinajstić information content (AvgIpc) is 2.88. The zero-order chi connectivity index (χ0) is 25.4. The highest BCUT2D eigenvalue weighted by Gasteiger charge is 2.51. The molecule has 0 aliphatic heterocycles. The first kappa shape index (κ1) is 24.6. The van der Waals surface area contributed by atoms with E-state index in [1.165, 1.54) is 60.8 Å². The first-order valence-electron chi connectivity index (χ1n) is 14.6. The molecule has 0 radical (unpaired) electrons. The monoisotopic (exact) mass is 494 g/mol. The molecule has 4 bridgehead atoms. The van der Waals surface area contributed by atoms with Gasteiger partial charge in [0.25, 0.3) is 0 Å². The van der Waals surface area contributed by atoms with Crippen LogP contribution in [0.5, 0.6) is 11.5 Å². The summed E-state index contributed by atoms with van der Waals surface area (Å²) in [5.74, 6) is 4.79. The van der Waals surface area contributed by atoms with E-state index in [-0.39, 0.29) is 6.10 Å². The van der Waals surface area contributed by atoms with Gasteiger partial charge in [0.1, 0.15) is 17.6 Å². The SMILES string of the molecule is CCOc1cccc(C(CCc2ccc(C)c(C)c2)Oc2ccc(C34CC5CC(CC(C5)C3)C4)cc2)c1. The molecule has 0 saturated heterocycles. The van der Waals surface area contributed by atoms with Crippen molar-refractivity contribution >= 4 is 0 Å². The highest BCUT2D eigenvalue weighted by atomic mass is 16.5. The number of rotatable bonds is 9. The standard InChI is InChI=1S/C35H42O2/c1-4-36-33-7-5-6-30(20-33)34(15-10-26-9-8-24(2)25(3)16-26)37-32-13-11-31(12-14-32)35-21-27-17-28(22-35)19-29(18-27)23-35/h5-9,11-14,16,20,27-29,34H,4,10,15,17-19,21-23H2,1-3H3. The molecule has 194 valence electrons. The molecule has 0 heterocycles. The number of ether oxygens (including phenoxy) is 2. The summed E-state index contributed by atoms with van der Waals surface area (Å²) in [7, 11) is 0. The molecule has 0 N–H and O–H groups in total. The van der Waals surface area contributed by atoms with Crippen molar-refractivity contribution < 1.29 is 9.47 Å². The number of aryl methyl sites for hydroxylation is 3. The van der Waals surface area contributed by atoms with Crippen molar-refractivity contribution in [1.29, 1.82) is 0 Å². The van der Waals surface area contributed by atoms with Crippen LogP contribution in [-0.4, -0.2) is 6.61 Å². The van der Waals surface area contributed by atoms with E-state index in [0.29, 0.717) is 12.0 Å². The second kappa shape index (κ2) is 10.2. The Bertz CT molecular complexity index is 1190. The van der Waals surface area contributed by atoms with Crippen molar-refractivity contribution in [3.05, 3.63) is 94.5 Å². The topological polar surface area (TPSA) is 18.5 Å². The molecule has 3 aromatic carbocycles. The van der Waals surface area contributed by atoms with Gasteiger partial charge in [0.15, 0.2) is 0 Å². The molecule has 4 fully saturated rings. The zero-order valence-electron chi connectivity index (χ0n) is 22.8. The third-order valence-electron chi connectivity index (χ3n) is 9.59. The van der Waals surface area contributed by atoms with Crippen LogP contribution >= 0.6 is 0 Å². The van der Waals surface area contributed by atoms with E-state index in [4.69, 9.17) is 9.47 Å². The molecule has 4 aliphatic rings. The molecule has 7 rings (SSSR count). The second-order valence-electron chi connectivity index (χ2n) is 12.3. The summed E-state index contributed by atoms with van der Waals surface area (Å²) >= 11 is 0. The van der Waals surface area contributed by atoms with Gasteiger partial charge < -0.3 is 9.47 Å². The Labute approximate surface area is 223 Å². The predicted molar refractivity (Wildman–Crippen MR) is 152 cm³/mol. The third-order valence-corrected chi connectivity index (χ3v) is 9.59. The minimum atomic E-state index is -0.0209. The molecule has 0 spiro atoms. The van der Waals surface area contributed by atoms with Crippen LogP contribution < -0.4 is 9.47 Å². The van der Waals surface area contributed by atoms with Gasteiger partial charge in [0.2, 0.25) is 0 Å². The van der Waals surface area contributed by atoms with Crippen LogP contribution in [-0.2, 0) is 11.8 Å². The molecular formula is C35H42O2. The molecule has 0 aromatic heterocycles. The lowest BCUT2D eigenvalue weighted by molar-refractivity contribution is -0.00521. The van der Waals surface area contributed by atoms with Crippen LogP contribution in [0.1, 0.15) is 85.8 Å². The summed E-state index contributed by atoms with van der Waals surface area (Å²) in [6.07, 6.45) is 10.6. The number of hydrogen-bond donors (Lipinski definition) is 0. The average molecular weight is 495 g/mol. The summed E-state index contributed by atoms with van der Waals surface area (Å²) in [6, 6.07) is 24.5. The maximum absolute atomic E-state index is 6.73. The lowest BCUT2D eigenvalue weighted by Gasteiger charge is -2.57. The Balaban J connectivity index is 1.21. The minimum absolute atomic E-state index is 0.0209. The Hall–Kier alpha value is -2.74. The summed E-state index contributed by atoms with van der Waals surface area (Å²) in [5.41, 5.74) is 7.24. The van der Waals surface area contributed by atoms with Crippen LogP contribution in [0.25, 0.3) is 0 Å². The predicted octanol–water partition coefficient (Wildman–Crippen LogP) is 8.92. The maximum atomic E-state index is 6.73. The normalized spacial score (nSPS) is 26.7. The molecule has 3 aromatic rings. The molecular weight excluding hydrogens is 452 g/mol. The van der Waals surface area contributed by atoms with Gasteiger partial charge in [-0.05, 0) is 147 Å². The van der Waals surface area contributed by atoms with E-state index in [1.54, 1.807) is 5.56 Å². The van der Waals surface area contributed by atoms with Crippen LogP contribution in [0.2, 0.25) is 0 Å². The molecule has 2 heteroatoms. The molecule has 1 unspecified atom stereocenters. The lowest BCUT2D eigenvalue weighted by Crippen LogP contribution is -2.48. The molecule has 4 saturated carbocycles. The summed E-state index contributed by atoms with van der Waals surface area (Å²) in [4.78, 5) is 0. The molecule has 1 atom stereocenters. The Morgan fingerprint density at radius 3 is 2.14 bits per heavy atom. The van der Waals surface area contributed by atoms with Gasteiger partial charge in [0.05, 0.1) is 6.61 Å². The summed E-state index contributed by atoms with van der Waals surface area (Å²) in [6.45, 7) is 7.08. The molecule has 0 amide bonds. The summed E-state index contributed by atoms with van der Waals surface area (Å²) in [5, 5.41) is 0. The van der Waals surface area contributed by atoms with Gasteiger partial charge in [0, 0.05) is 0 Å². The van der Waals surface area contributed by atoms with E-state index < -0.39 is 0 Å². The van der Waals surface area contributed by atoms with Gasteiger partial charge >= 0.3 is 0 Å². The van der Waals surface area contributed by atoms with Crippen molar-refractivity contribution in [2.45, 2.75) is 83.7 Å². The van der Waals surface area contributed by atoms with Crippen molar-refractivity contribution in [3.8, 4) is 11.5 Å². The van der Waals surface area contributed by atoms with E-state index >= 15 is 0 Å². The maximum Gasteiger partial charge on any atom is 0.124 e. The first-order chi connectivity index (χ1) is 18.0. The van der Waals surface area contributed by atoms with Crippen LogP contribution in [0.15, 0.2) is 66.7 Å². The Morgan fingerprint density at radius 1 is 0.784 bits per heavy atom. The van der Waals surface area contributed by atoms with Gasteiger partial charge in [-0.2, -0.15) is 0 Å². The second-order valence-corrected chi connectivity index (χ2v) is 12.3. The highest BCUT2D eigenvalue weighted by molar-refractivity contribution is 5.36. The van der Waals surface area contributed by atoms with Crippen molar-refractivity contribution in [2.75, 3.05) is 6.61 Å². The third kappa shape index (κ3) is 5.17. The largest absolute Gasteiger partial charge is 0.494 e. The van der Waals surface area contributed by atoms with E-state index in [0.717, 1.165) is 42.1 Å². The fourth-order valence-electron chi connectivity index (χ4n) is 8.04. The van der Waals surface area contributed by atoms with Crippen molar-refractivity contribution in [3.63, 3.8) is 0 Å². The number of benzene rings is 3. The van der Waals surface area contributed by atoms with Gasteiger partial charge in [-0.1, -0.05) is 42.5 Å². The smallest absolute Gasteiger partial charge is 0.124 e. The Morgan fingerprint density at radius 2 is 1.49 bits per heavy atom. The fraction of sp³-hybridized carbons (Fsp3) is 0.486. The van der Waals surface area contributed by atoms with E-state index in [9.17, 15) is 0 Å². The van der Waals surface area contributed by atoms with Crippen molar-refractivity contribution in [2.24, 2.45) is 17.8 Å². The van der Waals surface area contributed by atoms with E-state index in [1.807, 2.05) is 13.0 Å². The van der Waals surface area contributed by atoms with Crippen LogP contribution in [0, 0.1) is 31.6 Å². The van der Waals surface area contributed by atoms with E-state index in [2.05, 4.69) is 74.5 Å². The molecule has 4 aliphatic carbocycles. The first-order valence-corrected chi connectivity index (χ1v) is 14.6. The van der Waals surface area contributed by atoms with Gasteiger partial charge in [-0.25, -0.2) is 0 Å². The minimum Gasteiger partial charge on any atom is -0.494 e. The molecule has 2 nitrogen and oxygen atoms in total. The molecule has 37 heavy (non-hydrogen) atoms. The Kier molecular flexibility index (Phi) is 6.78. The quantitative estimate of drug-likeness (QED) is 0.296. The highest BCUT2D eigenvalue weighted by Crippen LogP contribution is 2.60. The summed E-state index contributed by atoms with van der Waals surface area (Å²) < 4.78 is 12.5. The number of hydrogen-bond acceptors (Lipinski definition) is 2.